The molecular formula is C14H22N2O2. The summed E-state index contributed by atoms with van der Waals surface area (Å²) in [7, 11) is 1.48. The van der Waals surface area contributed by atoms with E-state index in [-0.39, 0.29) is 11.9 Å². The SMILES string of the molecule is COC(=O)[C@H]1CC[C@H](Cn2nc(C)cc2C)CC1. The van der Waals surface area contributed by atoms with Gasteiger partial charge in [0.05, 0.1) is 18.7 Å². The molecule has 1 fully saturated rings. The van der Waals surface area contributed by atoms with Gasteiger partial charge in [-0.05, 0) is 51.5 Å². The Morgan fingerprint density at radius 3 is 2.56 bits per heavy atom. The van der Waals surface area contributed by atoms with Crippen molar-refractivity contribution >= 4 is 5.97 Å². The summed E-state index contributed by atoms with van der Waals surface area (Å²) in [6.07, 6.45) is 4.10. The Balaban J connectivity index is 1.87. The minimum Gasteiger partial charge on any atom is -0.469 e. The molecule has 0 saturated heterocycles. The van der Waals surface area contributed by atoms with Crippen LogP contribution in [0.4, 0.5) is 0 Å². The smallest absolute Gasteiger partial charge is 0.308 e. The maximum absolute atomic E-state index is 11.4. The Hall–Kier alpha value is -1.32. The predicted molar refractivity (Wildman–Crippen MR) is 69.2 cm³/mol. The number of ether oxygens (including phenoxy) is 1. The normalized spacial score (nSPS) is 23.9. The molecule has 2 rings (SSSR count). The number of rotatable bonds is 3. The molecule has 4 nitrogen and oxygen atoms in total. The fraction of sp³-hybridized carbons (Fsp3) is 0.714. The van der Waals surface area contributed by atoms with Crippen LogP contribution in [0.15, 0.2) is 6.07 Å². The van der Waals surface area contributed by atoms with Gasteiger partial charge in [-0.3, -0.25) is 9.48 Å². The number of hydrogen-bond acceptors (Lipinski definition) is 3. The van der Waals surface area contributed by atoms with E-state index in [1.807, 2.05) is 6.92 Å². The third-order valence-electron chi connectivity index (χ3n) is 3.92. The van der Waals surface area contributed by atoms with Crippen LogP contribution in [0.3, 0.4) is 0 Å². The van der Waals surface area contributed by atoms with Crippen LogP contribution in [-0.2, 0) is 16.1 Å². The zero-order valence-electron chi connectivity index (χ0n) is 11.5. The van der Waals surface area contributed by atoms with E-state index in [1.54, 1.807) is 0 Å². The first-order valence-electron chi connectivity index (χ1n) is 6.69. The van der Waals surface area contributed by atoms with Gasteiger partial charge in [-0.15, -0.1) is 0 Å². The van der Waals surface area contributed by atoms with Crippen molar-refractivity contribution in [3.8, 4) is 0 Å². The zero-order valence-corrected chi connectivity index (χ0v) is 11.5. The fourth-order valence-corrected chi connectivity index (χ4v) is 2.85. The van der Waals surface area contributed by atoms with Gasteiger partial charge in [0.2, 0.25) is 0 Å². The Kier molecular flexibility index (Phi) is 4.04. The molecule has 0 amide bonds. The summed E-state index contributed by atoms with van der Waals surface area (Å²) < 4.78 is 6.90. The molecule has 1 aliphatic carbocycles. The van der Waals surface area contributed by atoms with Crippen molar-refractivity contribution in [2.75, 3.05) is 7.11 Å². The first-order valence-corrected chi connectivity index (χ1v) is 6.69. The molecular weight excluding hydrogens is 228 g/mol. The van der Waals surface area contributed by atoms with E-state index < -0.39 is 0 Å². The van der Waals surface area contributed by atoms with Crippen LogP contribution in [0.5, 0.6) is 0 Å². The second-order valence-electron chi connectivity index (χ2n) is 5.35. The van der Waals surface area contributed by atoms with Crippen LogP contribution in [0, 0.1) is 25.7 Å². The molecule has 0 bridgehead atoms. The molecule has 0 aromatic carbocycles. The van der Waals surface area contributed by atoms with Gasteiger partial charge in [0, 0.05) is 12.2 Å². The summed E-state index contributed by atoms with van der Waals surface area (Å²) in [6, 6.07) is 2.11. The average molecular weight is 250 g/mol. The molecule has 0 atom stereocenters. The van der Waals surface area contributed by atoms with Crippen molar-refractivity contribution in [1.82, 2.24) is 9.78 Å². The zero-order chi connectivity index (χ0) is 13.1. The molecule has 0 radical (unpaired) electrons. The second-order valence-corrected chi connectivity index (χ2v) is 5.35. The molecule has 18 heavy (non-hydrogen) atoms. The van der Waals surface area contributed by atoms with Crippen molar-refractivity contribution in [2.45, 2.75) is 46.1 Å². The van der Waals surface area contributed by atoms with E-state index in [0.717, 1.165) is 37.9 Å². The minimum atomic E-state index is -0.0421. The molecule has 1 aromatic rings. The minimum absolute atomic E-state index is 0.0421. The largest absolute Gasteiger partial charge is 0.469 e. The average Bonchev–Trinajstić information content (AvgIpc) is 2.68. The lowest BCUT2D eigenvalue weighted by Crippen LogP contribution is -2.25. The number of carbonyl (C=O) groups is 1. The summed E-state index contributed by atoms with van der Waals surface area (Å²) in [4.78, 5) is 11.4. The van der Waals surface area contributed by atoms with Gasteiger partial charge in [-0.25, -0.2) is 0 Å². The monoisotopic (exact) mass is 250 g/mol. The molecule has 1 aliphatic rings. The van der Waals surface area contributed by atoms with Crippen molar-refractivity contribution in [3.05, 3.63) is 17.5 Å². The van der Waals surface area contributed by atoms with E-state index >= 15 is 0 Å². The molecule has 1 saturated carbocycles. The Morgan fingerprint density at radius 2 is 2.06 bits per heavy atom. The highest BCUT2D eigenvalue weighted by atomic mass is 16.5. The standard InChI is InChI=1S/C14H22N2O2/c1-10-8-11(2)16(15-10)9-12-4-6-13(7-5-12)14(17)18-3/h8,12-13H,4-7,9H2,1-3H3/t12-,13-. The Bertz CT molecular complexity index is 417. The third kappa shape index (κ3) is 2.92. The van der Waals surface area contributed by atoms with Gasteiger partial charge in [0.15, 0.2) is 0 Å². The summed E-state index contributed by atoms with van der Waals surface area (Å²) in [5.74, 6) is 0.718. The number of methoxy groups -OCH3 is 1. The number of nitrogens with zero attached hydrogens (tertiary/aromatic N) is 2. The van der Waals surface area contributed by atoms with Crippen LogP contribution in [0.25, 0.3) is 0 Å². The fourth-order valence-electron chi connectivity index (χ4n) is 2.85. The lowest BCUT2D eigenvalue weighted by atomic mass is 9.82. The summed E-state index contributed by atoms with van der Waals surface area (Å²) in [5.41, 5.74) is 2.30. The Labute approximate surface area is 108 Å². The molecule has 4 heteroatoms. The summed E-state index contributed by atoms with van der Waals surface area (Å²) >= 11 is 0. The topological polar surface area (TPSA) is 44.1 Å². The number of esters is 1. The molecule has 100 valence electrons. The maximum atomic E-state index is 11.4. The highest BCUT2D eigenvalue weighted by molar-refractivity contribution is 5.72. The highest BCUT2D eigenvalue weighted by Crippen LogP contribution is 2.30. The van der Waals surface area contributed by atoms with Gasteiger partial charge in [-0.2, -0.15) is 5.10 Å². The molecule has 1 aromatic heterocycles. The first-order chi connectivity index (χ1) is 8.60. The van der Waals surface area contributed by atoms with E-state index in [1.165, 1.54) is 12.8 Å². The number of carbonyl (C=O) groups excluding carboxylic acids is 1. The van der Waals surface area contributed by atoms with Gasteiger partial charge >= 0.3 is 5.97 Å². The number of hydrogen-bond donors (Lipinski definition) is 0. The van der Waals surface area contributed by atoms with E-state index in [4.69, 9.17) is 4.74 Å². The quantitative estimate of drug-likeness (QED) is 0.774. The molecule has 0 N–H and O–H groups in total. The van der Waals surface area contributed by atoms with E-state index in [2.05, 4.69) is 22.8 Å². The predicted octanol–water partition coefficient (Wildman–Crippen LogP) is 2.48. The lowest BCUT2D eigenvalue weighted by Gasteiger charge is -2.27. The molecule has 0 spiro atoms. The van der Waals surface area contributed by atoms with Crippen molar-refractivity contribution in [3.63, 3.8) is 0 Å². The van der Waals surface area contributed by atoms with Gasteiger partial charge in [0.1, 0.15) is 0 Å². The van der Waals surface area contributed by atoms with Crippen LogP contribution >= 0.6 is 0 Å². The highest BCUT2D eigenvalue weighted by Gasteiger charge is 2.27. The molecule has 0 aliphatic heterocycles. The van der Waals surface area contributed by atoms with Crippen molar-refractivity contribution in [1.29, 1.82) is 0 Å². The third-order valence-corrected chi connectivity index (χ3v) is 3.92. The van der Waals surface area contributed by atoms with Gasteiger partial charge in [0.25, 0.3) is 0 Å². The van der Waals surface area contributed by atoms with Crippen molar-refractivity contribution in [2.24, 2.45) is 11.8 Å². The van der Waals surface area contributed by atoms with Crippen LogP contribution < -0.4 is 0 Å². The Morgan fingerprint density at radius 1 is 1.39 bits per heavy atom. The van der Waals surface area contributed by atoms with E-state index in [0.29, 0.717) is 5.92 Å². The van der Waals surface area contributed by atoms with Crippen LogP contribution in [0.1, 0.15) is 37.1 Å². The van der Waals surface area contributed by atoms with Crippen LogP contribution in [0.2, 0.25) is 0 Å². The lowest BCUT2D eigenvalue weighted by molar-refractivity contribution is -0.146. The number of aromatic nitrogens is 2. The first kappa shape index (κ1) is 13.1. The number of aryl methyl sites for hydroxylation is 2. The summed E-state index contributed by atoms with van der Waals surface area (Å²) in [6.45, 7) is 5.10. The van der Waals surface area contributed by atoms with Gasteiger partial charge in [-0.1, -0.05) is 0 Å². The van der Waals surface area contributed by atoms with E-state index in [9.17, 15) is 4.79 Å². The van der Waals surface area contributed by atoms with Gasteiger partial charge < -0.3 is 4.74 Å². The summed E-state index contributed by atoms with van der Waals surface area (Å²) in [5, 5.41) is 4.50. The van der Waals surface area contributed by atoms with Crippen LogP contribution in [-0.4, -0.2) is 22.9 Å². The molecule has 0 unspecified atom stereocenters. The maximum Gasteiger partial charge on any atom is 0.308 e. The van der Waals surface area contributed by atoms with Crippen molar-refractivity contribution < 1.29 is 9.53 Å². The second kappa shape index (κ2) is 5.55. The molecule has 1 heterocycles.